The molecule has 0 fully saturated rings. The minimum Gasteiger partial charge on any atom is -0.494 e. The summed E-state index contributed by atoms with van der Waals surface area (Å²) < 4.78 is 15.0. The number of carbonyl (C=O) groups is 4. The van der Waals surface area contributed by atoms with Crippen LogP contribution in [0, 0.1) is 0 Å². The van der Waals surface area contributed by atoms with Crippen LogP contribution >= 0.6 is 0 Å². The summed E-state index contributed by atoms with van der Waals surface area (Å²) in [6.07, 6.45) is 0.524. The zero-order chi connectivity index (χ0) is 21.9. The number of methoxy groups -OCH3 is 1. The molecule has 2 aromatic carbocycles. The Morgan fingerprint density at radius 3 is 2.13 bits per heavy atom. The highest BCUT2D eigenvalue weighted by atomic mass is 16.5. The van der Waals surface area contributed by atoms with Gasteiger partial charge < -0.3 is 19.5 Å². The molecule has 1 N–H and O–H groups in total. The average molecular weight is 413 g/mol. The third kappa shape index (κ3) is 7.38. The maximum Gasteiger partial charge on any atom is 0.337 e. The summed E-state index contributed by atoms with van der Waals surface area (Å²) >= 11 is 0. The smallest absolute Gasteiger partial charge is 0.337 e. The van der Waals surface area contributed by atoms with E-state index in [2.05, 4.69) is 10.1 Å². The van der Waals surface area contributed by atoms with E-state index in [1.165, 1.54) is 26.2 Å². The van der Waals surface area contributed by atoms with Gasteiger partial charge in [-0.2, -0.15) is 0 Å². The average Bonchev–Trinajstić information content (AvgIpc) is 2.75. The monoisotopic (exact) mass is 413 g/mol. The van der Waals surface area contributed by atoms with Crippen LogP contribution < -0.4 is 10.1 Å². The summed E-state index contributed by atoms with van der Waals surface area (Å²) in [5, 5.41) is 2.57. The molecule has 0 aliphatic rings. The molecule has 30 heavy (non-hydrogen) atoms. The number of ether oxygens (including phenoxy) is 3. The number of esters is 2. The van der Waals surface area contributed by atoms with Gasteiger partial charge in [-0.15, -0.1) is 0 Å². The molecule has 2 rings (SSSR count). The van der Waals surface area contributed by atoms with Crippen LogP contribution in [0.4, 0.5) is 5.69 Å². The van der Waals surface area contributed by atoms with Crippen LogP contribution in [-0.4, -0.2) is 44.0 Å². The van der Waals surface area contributed by atoms with Crippen LogP contribution in [0.2, 0.25) is 0 Å². The maximum absolute atomic E-state index is 11.9. The first-order valence-corrected chi connectivity index (χ1v) is 9.26. The minimum absolute atomic E-state index is 0.0217. The van der Waals surface area contributed by atoms with Crippen molar-refractivity contribution in [3.63, 3.8) is 0 Å². The molecule has 0 saturated carbocycles. The van der Waals surface area contributed by atoms with Crippen LogP contribution in [0.25, 0.3) is 0 Å². The second-order valence-corrected chi connectivity index (χ2v) is 6.31. The zero-order valence-corrected chi connectivity index (χ0v) is 16.8. The number of amides is 1. The number of Topliss-reactive ketones (excluding diaryl/α,β-unsaturated/α-hetero) is 1. The largest absolute Gasteiger partial charge is 0.494 e. The first-order chi connectivity index (χ1) is 14.4. The van der Waals surface area contributed by atoms with Gasteiger partial charge in [0.2, 0.25) is 0 Å². The molecule has 8 heteroatoms. The molecule has 8 nitrogen and oxygen atoms in total. The van der Waals surface area contributed by atoms with Gasteiger partial charge in [0.1, 0.15) is 5.75 Å². The Hall–Kier alpha value is -3.68. The van der Waals surface area contributed by atoms with Crippen LogP contribution in [0.5, 0.6) is 5.75 Å². The van der Waals surface area contributed by atoms with Crippen molar-refractivity contribution in [1.82, 2.24) is 0 Å². The summed E-state index contributed by atoms with van der Waals surface area (Å²) in [7, 11) is 1.28. The lowest BCUT2D eigenvalue weighted by atomic mass is 10.1. The molecule has 0 atom stereocenters. The van der Waals surface area contributed by atoms with Gasteiger partial charge in [-0.25, -0.2) is 4.79 Å². The van der Waals surface area contributed by atoms with Crippen LogP contribution in [0.1, 0.15) is 40.5 Å². The number of rotatable bonds is 10. The van der Waals surface area contributed by atoms with Crippen LogP contribution in [0.15, 0.2) is 48.5 Å². The van der Waals surface area contributed by atoms with Crippen molar-refractivity contribution >= 4 is 29.3 Å². The Balaban J connectivity index is 1.63. The number of hydrogen-bond acceptors (Lipinski definition) is 7. The maximum atomic E-state index is 11.9. The fourth-order valence-corrected chi connectivity index (χ4v) is 2.42. The molecule has 0 aliphatic carbocycles. The van der Waals surface area contributed by atoms with E-state index in [1.807, 2.05) is 0 Å². The molecule has 0 aliphatic heterocycles. The van der Waals surface area contributed by atoms with E-state index in [-0.39, 0.29) is 12.2 Å². The fraction of sp³-hybridized carbons (Fsp3) is 0.273. The summed E-state index contributed by atoms with van der Waals surface area (Å²) in [4.78, 5) is 46.2. The fourth-order valence-electron chi connectivity index (χ4n) is 2.42. The Labute approximate surface area is 174 Å². The molecule has 0 aromatic heterocycles. The highest BCUT2D eigenvalue weighted by Crippen LogP contribution is 2.13. The van der Waals surface area contributed by atoms with Crippen molar-refractivity contribution in [1.29, 1.82) is 0 Å². The molecular weight excluding hydrogens is 390 g/mol. The van der Waals surface area contributed by atoms with Crippen molar-refractivity contribution in [2.75, 3.05) is 25.6 Å². The van der Waals surface area contributed by atoms with Gasteiger partial charge in [0.05, 0.1) is 19.3 Å². The van der Waals surface area contributed by atoms with E-state index in [0.717, 1.165) is 0 Å². The van der Waals surface area contributed by atoms with E-state index in [0.29, 0.717) is 35.6 Å². The SMILES string of the molecule is COC(=O)c1ccc(NC(=O)COC(=O)CCCOc2ccc(C(C)=O)cc2)cc1. The highest BCUT2D eigenvalue weighted by Gasteiger charge is 2.09. The second-order valence-electron chi connectivity index (χ2n) is 6.31. The van der Waals surface area contributed by atoms with Crippen molar-refractivity contribution in [2.45, 2.75) is 19.8 Å². The van der Waals surface area contributed by atoms with Gasteiger partial charge >= 0.3 is 11.9 Å². The van der Waals surface area contributed by atoms with E-state index >= 15 is 0 Å². The third-order valence-corrected chi connectivity index (χ3v) is 4.01. The Kier molecular flexibility index (Phi) is 8.56. The van der Waals surface area contributed by atoms with Gasteiger partial charge in [0.15, 0.2) is 12.4 Å². The standard InChI is InChI=1S/C22H23NO7/c1-15(24)16-7-11-19(12-8-16)29-13-3-4-21(26)30-14-20(25)23-18-9-5-17(6-10-18)22(27)28-2/h5-12H,3-4,13-14H2,1-2H3,(H,23,25). The van der Waals surface area contributed by atoms with Crippen molar-refractivity contribution in [3.05, 3.63) is 59.7 Å². The zero-order valence-electron chi connectivity index (χ0n) is 16.8. The molecule has 0 unspecified atom stereocenters. The number of carbonyl (C=O) groups excluding carboxylic acids is 4. The van der Waals surface area contributed by atoms with Crippen LogP contribution in [0.3, 0.4) is 0 Å². The van der Waals surface area contributed by atoms with Gasteiger partial charge in [0, 0.05) is 17.7 Å². The molecular formula is C22H23NO7. The number of nitrogens with one attached hydrogen (secondary N) is 1. The second kappa shape index (κ2) is 11.4. The summed E-state index contributed by atoms with van der Waals surface area (Å²) in [5.41, 5.74) is 1.43. The Morgan fingerprint density at radius 2 is 1.53 bits per heavy atom. The van der Waals surface area contributed by atoms with Crippen LogP contribution in [-0.2, 0) is 19.1 Å². The van der Waals surface area contributed by atoms with E-state index in [4.69, 9.17) is 9.47 Å². The number of benzene rings is 2. The predicted molar refractivity (Wildman–Crippen MR) is 109 cm³/mol. The Morgan fingerprint density at radius 1 is 0.900 bits per heavy atom. The first-order valence-electron chi connectivity index (χ1n) is 9.26. The minimum atomic E-state index is -0.512. The van der Waals surface area contributed by atoms with Crippen molar-refractivity contribution in [3.8, 4) is 5.75 Å². The van der Waals surface area contributed by atoms with Gasteiger partial charge in [-0.05, 0) is 61.9 Å². The molecule has 1 amide bonds. The lowest BCUT2D eigenvalue weighted by molar-refractivity contribution is -0.147. The first kappa shape index (κ1) is 22.6. The predicted octanol–water partition coefficient (Wildman–Crippen LogP) is 3.02. The Bertz CT molecular complexity index is 889. The quantitative estimate of drug-likeness (QED) is 0.362. The molecule has 0 heterocycles. The van der Waals surface area contributed by atoms with Gasteiger partial charge in [0.25, 0.3) is 5.91 Å². The number of anilines is 1. The van der Waals surface area contributed by atoms with Crippen molar-refractivity contribution in [2.24, 2.45) is 0 Å². The molecule has 0 bridgehead atoms. The third-order valence-electron chi connectivity index (χ3n) is 4.01. The number of ketones is 1. The van der Waals surface area contributed by atoms with Gasteiger partial charge in [-0.3, -0.25) is 14.4 Å². The summed E-state index contributed by atoms with van der Waals surface area (Å²) in [6, 6.07) is 12.9. The van der Waals surface area contributed by atoms with E-state index < -0.39 is 24.5 Å². The topological polar surface area (TPSA) is 108 Å². The lowest BCUT2D eigenvalue weighted by Crippen LogP contribution is -2.21. The summed E-state index contributed by atoms with van der Waals surface area (Å²) in [6.45, 7) is 1.38. The number of hydrogen-bond donors (Lipinski definition) is 1. The van der Waals surface area contributed by atoms with E-state index in [1.54, 1.807) is 36.4 Å². The summed E-state index contributed by atoms with van der Waals surface area (Å²) in [5.74, 6) is -0.894. The lowest BCUT2D eigenvalue weighted by Gasteiger charge is -2.08. The molecule has 2 aromatic rings. The molecule has 0 radical (unpaired) electrons. The van der Waals surface area contributed by atoms with Gasteiger partial charge in [-0.1, -0.05) is 0 Å². The van der Waals surface area contributed by atoms with E-state index in [9.17, 15) is 19.2 Å². The normalized spacial score (nSPS) is 10.1. The highest BCUT2D eigenvalue weighted by molar-refractivity contribution is 5.94. The molecule has 0 saturated heterocycles. The molecule has 0 spiro atoms. The van der Waals surface area contributed by atoms with Crippen molar-refractivity contribution < 1.29 is 33.4 Å². The molecule has 158 valence electrons.